The molecule has 6 heteroatoms. The van der Waals surface area contributed by atoms with Gasteiger partial charge in [-0.25, -0.2) is 14.8 Å². The van der Waals surface area contributed by atoms with Gasteiger partial charge >= 0.3 is 5.97 Å². The quantitative estimate of drug-likeness (QED) is 0.785. The van der Waals surface area contributed by atoms with Gasteiger partial charge in [-0.2, -0.15) is 5.26 Å². The van der Waals surface area contributed by atoms with Gasteiger partial charge in [0, 0.05) is 18.6 Å². The van der Waals surface area contributed by atoms with E-state index in [4.69, 9.17) is 10.4 Å². The highest BCUT2D eigenvalue weighted by atomic mass is 16.4. The lowest BCUT2D eigenvalue weighted by atomic mass is 10.4. The Balaban J connectivity index is 0.000000171. The molecular formula is C11H8N4O2. The fourth-order valence-electron chi connectivity index (χ4n) is 0.838. The molecule has 2 heterocycles. The van der Waals surface area contributed by atoms with Crippen molar-refractivity contribution in [1.82, 2.24) is 15.0 Å². The van der Waals surface area contributed by atoms with Crippen LogP contribution < -0.4 is 0 Å². The topological polar surface area (TPSA) is 99.8 Å². The molecule has 0 saturated heterocycles. The lowest BCUT2D eigenvalue weighted by Gasteiger charge is -1.86. The Morgan fingerprint density at radius 3 is 2.41 bits per heavy atom. The third-order valence-electron chi connectivity index (χ3n) is 1.56. The molecule has 0 aliphatic rings. The van der Waals surface area contributed by atoms with Crippen LogP contribution >= 0.6 is 0 Å². The lowest BCUT2D eigenvalue weighted by Crippen LogP contribution is -1.99. The lowest BCUT2D eigenvalue weighted by molar-refractivity contribution is 0.0690. The molecule has 2 aromatic heterocycles. The predicted octanol–water partition coefficient (Wildman–Crippen LogP) is 1.13. The highest BCUT2D eigenvalue weighted by Crippen LogP contribution is 1.87. The molecule has 0 radical (unpaired) electrons. The molecule has 2 aromatic rings. The third kappa shape index (κ3) is 4.48. The van der Waals surface area contributed by atoms with Crippen molar-refractivity contribution in [3.05, 3.63) is 54.4 Å². The minimum atomic E-state index is -1.05. The maximum absolute atomic E-state index is 10.1. The number of hydrogen-bond acceptors (Lipinski definition) is 5. The van der Waals surface area contributed by atoms with Gasteiger partial charge < -0.3 is 5.11 Å². The number of carboxylic acid groups (broad SMARTS) is 1. The van der Waals surface area contributed by atoms with E-state index in [2.05, 4.69) is 15.0 Å². The zero-order chi connectivity index (χ0) is 12.5. The Labute approximate surface area is 97.2 Å². The molecule has 0 atom stereocenters. The molecule has 0 aromatic carbocycles. The number of rotatable bonds is 1. The van der Waals surface area contributed by atoms with E-state index in [0.717, 1.165) is 0 Å². The second kappa shape index (κ2) is 6.63. The zero-order valence-electron chi connectivity index (χ0n) is 8.69. The van der Waals surface area contributed by atoms with Crippen LogP contribution in [0.5, 0.6) is 0 Å². The first-order valence-electron chi connectivity index (χ1n) is 4.54. The molecule has 0 aliphatic carbocycles. The van der Waals surface area contributed by atoms with Crippen LogP contribution in [0.15, 0.2) is 43.0 Å². The van der Waals surface area contributed by atoms with Crippen molar-refractivity contribution in [2.24, 2.45) is 0 Å². The molecule has 6 nitrogen and oxygen atoms in total. The monoisotopic (exact) mass is 228 g/mol. The molecule has 1 N–H and O–H groups in total. The van der Waals surface area contributed by atoms with Gasteiger partial charge in [0.15, 0.2) is 5.69 Å². The molecule has 2 rings (SSSR count). The number of pyridine rings is 1. The standard InChI is InChI=1S/C6H4N2.C5H4N2O2/c7-5-6-3-1-2-4-8-6;8-5(9)4-3-6-1-2-7-4/h1-4H;1-3H,(H,8,9). The summed E-state index contributed by atoms with van der Waals surface area (Å²) in [6, 6.07) is 7.14. The van der Waals surface area contributed by atoms with Crippen LogP contribution in [-0.2, 0) is 0 Å². The fourth-order valence-corrected chi connectivity index (χ4v) is 0.838. The zero-order valence-corrected chi connectivity index (χ0v) is 8.69. The predicted molar refractivity (Wildman–Crippen MR) is 57.9 cm³/mol. The summed E-state index contributed by atoms with van der Waals surface area (Å²) in [5, 5.41) is 16.5. The molecule has 17 heavy (non-hydrogen) atoms. The summed E-state index contributed by atoms with van der Waals surface area (Å²) in [6.45, 7) is 0. The van der Waals surface area contributed by atoms with E-state index in [1.54, 1.807) is 24.4 Å². The van der Waals surface area contributed by atoms with Crippen molar-refractivity contribution in [3.8, 4) is 6.07 Å². The van der Waals surface area contributed by atoms with Crippen LogP contribution in [0.3, 0.4) is 0 Å². The van der Waals surface area contributed by atoms with Crippen molar-refractivity contribution in [2.75, 3.05) is 0 Å². The molecule has 0 unspecified atom stereocenters. The van der Waals surface area contributed by atoms with Gasteiger partial charge in [-0.05, 0) is 12.1 Å². The van der Waals surface area contributed by atoms with E-state index < -0.39 is 5.97 Å². The van der Waals surface area contributed by atoms with Crippen molar-refractivity contribution in [3.63, 3.8) is 0 Å². The minimum Gasteiger partial charge on any atom is -0.476 e. The molecule has 0 amide bonds. The molecule has 0 aliphatic heterocycles. The second-order valence-electron chi connectivity index (χ2n) is 2.72. The molecule has 0 saturated carbocycles. The molecule has 0 spiro atoms. The van der Waals surface area contributed by atoms with E-state index in [0.29, 0.717) is 5.69 Å². The van der Waals surface area contributed by atoms with E-state index in [1.165, 1.54) is 18.6 Å². The summed E-state index contributed by atoms with van der Waals surface area (Å²) in [6.07, 6.45) is 5.55. The van der Waals surface area contributed by atoms with Crippen molar-refractivity contribution in [2.45, 2.75) is 0 Å². The second-order valence-corrected chi connectivity index (χ2v) is 2.72. The first-order chi connectivity index (χ1) is 8.24. The Bertz CT molecular complexity index is 508. The largest absolute Gasteiger partial charge is 0.476 e. The Hall–Kier alpha value is -2.81. The van der Waals surface area contributed by atoms with Crippen LogP contribution in [0.25, 0.3) is 0 Å². The van der Waals surface area contributed by atoms with Gasteiger partial charge in [0.25, 0.3) is 0 Å². The minimum absolute atomic E-state index is 0.0301. The van der Waals surface area contributed by atoms with E-state index >= 15 is 0 Å². The van der Waals surface area contributed by atoms with Gasteiger partial charge in [-0.15, -0.1) is 0 Å². The van der Waals surface area contributed by atoms with Gasteiger partial charge in [0.2, 0.25) is 0 Å². The SMILES string of the molecule is N#Cc1ccccn1.O=C(O)c1cnccn1. The Morgan fingerprint density at radius 1 is 1.24 bits per heavy atom. The summed E-state index contributed by atoms with van der Waals surface area (Å²) >= 11 is 0. The number of nitriles is 1. The molecular weight excluding hydrogens is 220 g/mol. The highest BCUT2D eigenvalue weighted by Gasteiger charge is 2.00. The summed E-state index contributed by atoms with van der Waals surface area (Å²) in [7, 11) is 0. The van der Waals surface area contributed by atoms with E-state index in [9.17, 15) is 4.79 Å². The number of carbonyl (C=O) groups is 1. The summed E-state index contributed by atoms with van der Waals surface area (Å²) in [5.74, 6) is -1.05. The normalized spacial score (nSPS) is 8.41. The summed E-state index contributed by atoms with van der Waals surface area (Å²) in [5.41, 5.74) is 0.435. The summed E-state index contributed by atoms with van der Waals surface area (Å²) < 4.78 is 0. The smallest absolute Gasteiger partial charge is 0.356 e. The fraction of sp³-hybridized carbons (Fsp3) is 0. The van der Waals surface area contributed by atoms with E-state index in [-0.39, 0.29) is 5.69 Å². The summed E-state index contributed by atoms with van der Waals surface area (Å²) in [4.78, 5) is 20.9. The molecule has 0 fully saturated rings. The Morgan fingerprint density at radius 2 is 2.06 bits per heavy atom. The third-order valence-corrected chi connectivity index (χ3v) is 1.56. The first-order valence-corrected chi connectivity index (χ1v) is 4.54. The van der Waals surface area contributed by atoms with Crippen LogP contribution in [0.1, 0.15) is 16.2 Å². The number of carboxylic acids is 1. The van der Waals surface area contributed by atoms with Crippen molar-refractivity contribution < 1.29 is 9.90 Å². The number of aromatic carboxylic acids is 1. The average molecular weight is 228 g/mol. The Kier molecular flexibility index (Phi) is 4.78. The average Bonchev–Trinajstić information content (AvgIpc) is 2.41. The van der Waals surface area contributed by atoms with Gasteiger partial charge in [0.05, 0.1) is 6.20 Å². The molecule has 84 valence electrons. The molecule has 0 bridgehead atoms. The number of aromatic nitrogens is 3. The van der Waals surface area contributed by atoms with E-state index in [1.807, 2.05) is 6.07 Å². The maximum Gasteiger partial charge on any atom is 0.356 e. The van der Waals surface area contributed by atoms with Crippen LogP contribution in [0.4, 0.5) is 0 Å². The van der Waals surface area contributed by atoms with Crippen LogP contribution in [-0.4, -0.2) is 26.0 Å². The highest BCUT2D eigenvalue weighted by molar-refractivity contribution is 5.84. The van der Waals surface area contributed by atoms with Crippen molar-refractivity contribution in [1.29, 1.82) is 5.26 Å². The van der Waals surface area contributed by atoms with Crippen LogP contribution in [0.2, 0.25) is 0 Å². The number of nitrogens with zero attached hydrogens (tertiary/aromatic N) is 4. The maximum atomic E-state index is 10.1. The van der Waals surface area contributed by atoms with Crippen molar-refractivity contribution >= 4 is 5.97 Å². The van der Waals surface area contributed by atoms with Gasteiger partial charge in [-0.3, -0.25) is 4.98 Å². The van der Waals surface area contributed by atoms with Gasteiger partial charge in [-0.1, -0.05) is 6.07 Å². The first kappa shape index (κ1) is 12.3. The van der Waals surface area contributed by atoms with Gasteiger partial charge in [0.1, 0.15) is 11.8 Å². The van der Waals surface area contributed by atoms with Crippen LogP contribution in [0, 0.1) is 11.3 Å². The number of hydrogen-bond donors (Lipinski definition) is 1.